The van der Waals surface area contributed by atoms with Gasteiger partial charge < -0.3 is 9.47 Å². The summed E-state index contributed by atoms with van der Waals surface area (Å²) < 4.78 is 10.2. The molecule has 112 valence electrons. The van der Waals surface area contributed by atoms with Gasteiger partial charge in [-0.3, -0.25) is 5.32 Å². The molecule has 0 aliphatic heterocycles. The summed E-state index contributed by atoms with van der Waals surface area (Å²) in [5, 5.41) is 2.71. The van der Waals surface area contributed by atoms with E-state index >= 15 is 0 Å². The van der Waals surface area contributed by atoms with Crippen LogP contribution in [0.25, 0.3) is 0 Å². The molecule has 4 heteroatoms. The Morgan fingerprint density at radius 3 is 2.35 bits per heavy atom. The van der Waals surface area contributed by atoms with Crippen LogP contribution in [0.3, 0.4) is 0 Å². The highest BCUT2D eigenvalue weighted by atomic mass is 16.5. The van der Waals surface area contributed by atoms with Gasteiger partial charge in [0.2, 0.25) is 0 Å². The lowest BCUT2D eigenvalue weighted by molar-refractivity contribution is 0.0836. The van der Waals surface area contributed by atoms with Crippen molar-refractivity contribution in [3.8, 4) is 0 Å². The number of hydrogen-bond acceptors (Lipinski definition) is 3. The van der Waals surface area contributed by atoms with Gasteiger partial charge in [0.1, 0.15) is 0 Å². The molecule has 1 rings (SSSR count). The molecule has 0 radical (unpaired) electrons. The summed E-state index contributed by atoms with van der Waals surface area (Å²) in [6.07, 6.45) is 0.345. The lowest BCUT2D eigenvalue weighted by Crippen LogP contribution is -2.17. The Labute approximate surface area is 121 Å². The van der Waals surface area contributed by atoms with Crippen molar-refractivity contribution in [2.24, 2.45) is 0 Å². The first-order valence-electron chi connectivity index (χ1n) is 6.90. The average molecular weight is 279 g/mol. The van der Waals surface area contributed by atoms with Crippen molar-refractivity contribution in [2.75, 3.05) is 19.0 Å². The van der Waals surface area contributed by atoms with Gasteiger partial charge in [-0.1, -0.05) is 32.9 Å². The molecule has 4 nitrogen and oxygen atoms in total. The Balaban J connectivity index is 2.43. The van der Waals surface area contributed by atoms with Gasteiger partial charge >= 0.3 is 6.09 Å². The van der Waals surface area contributed by atoms with Gasteiger partial charge in [-0.2, -0.15) is 0 Å². The largest absolute Gasteiger partial charge is 0.449 e. The second-order valence-electron chi connectivity index (χ2n) is 5.92. The van der Waals surface area contributed by atoms with E-state index < -0.39 is 6.09 Å². The SMILES string of the molecule is COC(C)CCOC(=O)Nc1ccc(C(C)(C)C)cc1. The molecule has 0 saturated carbocycles. The molecular weight excluding hydrogens is 254 g/mol. The fourth-order valence-corrected chi connectivity index (χ4v) is 1.64. The van der Waals surface area contributed by atoms with Gasteiger partial charge in [0.25, 0.3) is 0 Å². The first-order chi connectivity index (χ1) is 9.32. The Kier molecular flexibility index (Phi) is 6.02. The molecule has 1 unspecified atom stereocenters. The lowest BCUT2D eigenvalue weighted by atomic mass is 9.87. The van der Waals surface area contributed by atoms with Crippen LogP contribution in [0.5, 0.6) is 0 Å². The van der Waals surface area contributed by atoms with E-state index in [9.17, 15) is 4.79 Å². The molecule has 1 amide bonds. The van der Waals surface area contributed by atoms with E-state index in [1.807, 2.05) is 31.2 Å². The molecule has 1 N–H and O–H groups in total. The Morgan fingerprint density at radius 2 is 1.85 bits per heavy atom. The molecule has 0 aliphatic rings. The molecule has 20 heavy (non-hydrogen) atoms. The standard InChI is InChI=1S/C16H25NO3/c1-12(19-5)10-11-20-15(18)17-14-8-6-13(7-9-14)16(2,3)4/h6-9,12H,10-11H2,1-5H3,(H,17,18). The van der Waals surface area contributed by atoms with Crippen molar-refractivity contribution >= 4 is 11.8 Å². The van der Waals surface area contributed by atoms with Crippen molar-refractivity contribution < 1.29 is 14.3 Å². The molecule has 1 atom stereocenters. The molecule has 0 spiro atoms. The minimum absolute atomic E-state index is 0.0915. The maximum atomic E-state index is 11.6. The quantitative estimate of drug-likeness (QED) is 0.887. The lowest BCUT2D eigenvalue weighted by Gasteiger charge is -2.19. The topological polar surface area (TPSA) is 47.6 Å². The monoisotopic (exact) mass is 279 g/mol. The predicted octanol–water partition coefficient (Wildman–Crippen LogP) is 3.96. The molecule has 0 aliphatic carbocycles. The molecule has 1 aromatic rings. The number of methoxy groups -OCH3 is 1. The van der Waals surface area contributed by atoms with Crippen LogP contribution in [0.4, 0.5) is 10.5 Å². The van der Waals surface area contributed by atoms with E-state index in [-0.39, 0.29) is 11.5 Å². The number of hydrogen-bond donors (Lipinski definition) is 1. The number of carbonyl (C=O) groups excluding carboxylic acids is 1. The zero-order valence-electron chi connectivity index (χ0n) is 13.0. The van der Waals surface area contributed by atoms with E-state index in [1.54, 1.807) is 7.11 Å². The van der Waals surface area contributed by atoms with E-state index in [0.717, 1.165) is 5.69 Å². The summed E-state index contributed by atoms with van der Waals surface area (Å²) in [5.41, 5.74) is 2.07. The molecule has 0 fully saturated rings. The van der Waals surface area contributed by atoms with Crippen molar-refractivity contribution in [3.63, 3.8) is 0 Å². The number of anilines is 1. The molecule has 0 bridgehead atoms. The highest BCUT2D eigenvalue weighted by Crippen LogP contribution is 2.23. The highest BCUT2D eigenvalue weighted by molar-refractivity contribution is 5.84. The number of ether oxygens (including phenoxy) is 2. The van der Waals surface area contributed by atoms with Crippen LogP contribution in [0.1, 0.15) is 39.7 Å². The Bertz CT molecular complexity index is 420. The third-order valence-electron chi connectivity index (χ3n) is 3.16. The highest BCUT2D eigenvalue weighted by Gasteiger charge is 2.13. The van der Waals surface area contributed by atoms with Crippen molar-refractivity contribution in [1.82, 2.24) is 0 Å². The Morgan fingerprint density at radius 1 is 1.25 bits per heavy atom. The summed E-state index contributed by atoms with van der Waals surface area (Å²) in [4.78, 5) is 11.6. The summed E-state index contributed by atoms with van der Waals surface area (Å²) in [6.45, 7) is 8.75. The summed E-state index contributed by atoms with van der Waals surface area (Å²) in [6, 6.07) is 7.81. The maximum absolute atomic E-state index is 11.6. The normalized spacial score (nSPS) is 12.8. The van der Waals surface area contributed by atoms with Crippen LogP contribution in [0.15, 0.2) is 24.3 Å². The van der Waals surface area contributed by atoms with Crippen LogP contribution < -0.4 is 5.32 Å². The first-order valence-corrected chi connectivity index (χ1v) is 6.90. The third-order valence-corrected chi connectivity index (χ3v) is 3.16. The average Bonchev–Trinajstić information content (AvgIpc) is 2.38. The van der Waals surface area contributed by atoms with Gasteiger partial charge in [-0.15, -0.1) is 0 Å². The van der Waals surface area contributed by atoms with E-state index in [2.05, 4.69) is 26.1 Å². The van der Waals surface area contributed by atoms with Crippen molar-refractivity contribution in [3.05, 3.63) is 29.8 Å². The summed E-state index contributed by atoms with van der Waals surface area (Å²) >= 11 is 0. The smallest absolute Gasteiger partial charge is 0.411 e. The molecule has 0 heterocycles. The maximum Gasteiger partial charge on any atom is 0.411 e. The van der Waals surface area contributed by atoms with E-state index in [0.29, 0.717) is 13.0 Å². The van der Waals surface area contributed by atoms with Crippen LogP contribution in [0, 0.1) is 0 Å². The summed E-state index contributed by atoms with van der Waals surface area (Å²) in [5.74, 6) is 0. The number of amides is 1. The first kappa shape index (κ1) is 16.5. The van der Waals surface area contributed by atoms with Crippen LogP contribution in [0.2, 0.25) is 0 Å². The zero-order valence-corrected chi connectivity index (χ0v) is 13.0. The van der Waals surface area contributed by atoms with Crippen LogP contribution in [-0.4, -0.2) is 25.9 Å². The van der Waals surface area contributed by atoms with Crippen molar-refractivity contribution in [2.45, 2.75) is 45.6 Å². The minimum Gasteiger partial charge on any atom is -0.449 e. The minimum atomic E-state index is -0.434. The van der Waals surface area contributed by atoms with Crippen LogP contribution in [-0.2, 0) is 14.9 Å². The van der Waals surface area contributed by atoms with Crippen LogP contribution >= 0.6 is 0 Å². The predicted molar refractivity (Wildman–Crippen MR) is 81.2 cm³/mol. The summed E-state index contributed by atoms with van der Waals surface area (Å²) in [7, 11) is 1.64. The van der Waals surface area contributed by atoms with Gasteiger partial charge in [0.15, 0.2) is 0 Å². The molecular formula is C16H25NO3. The third kappa shape index (κ3) is 5.61. The number of carbonyl (C=O) groups is 1. The molecule has 0 saturated heterocycles. The van der Waals surface area contributed by atoms with Gasteiger partial charge in [-0.25, -0.2) is 4.79 Å². The number of rotatable bonds is 5. The van der Waals surface area contributed by atoms with E-state index in [1.165, 1.54) is 5.56 Å². The number of nitrogens with one attached hydrogen (secondary N) is 1. The fraction of sp³-hybridized carbons (Fsp3) is 0.562. The van der Waals surface area contributed by atoms with E-state index in [4.69, 9.17) is 9.47 Å². The second-order valence-corrected chi connectivity index (χ2v) is 5.92. The van der Waals surface area contributed by atoms with Gasteiger partial charge in [0.05, 0.1) is 12.7 Å². The Hall–Kier alpha value is -1.55. The van der Waals surface area contributed by atoms with Gasteiger partial charge in [-0.05, 0) is 30.0 Å². The molecule has 0 aromatic heterocycles. The fourth-order valence-electron chi connectivity index (χ4n) is 1.64. The molecule has 1 aromatic carbocycles. The van der Waals surface area contributed by atoms with Gasteiger partial charge in [0, 0.05) is 19.2 Å². The second kappa shape index (κ2) is 7.29. The number of benzene rings is 1. The van der Waals surface area contributed by atoms with Crippen molar-refractivity contribution in [1.29, 1.82) is 0 Å². The zero-order chi connectivity index (χ0) is 15.2.